The summed E-state index contributed by atoms with van der Waals surface area (Å²) < 4.78 is 149. The molecule has 0 atom stereocenters. The van der Waals surface area contributed by atoms with E-state index < -0.39 is 88.8 Å². The van der Waals surface area contributed by atoms with Gasteiger partial charge < -0.3 is 0 Å². The molecule has 0 saturated carbocycles. The van der Waals surface area contributed by atoms with E-state index in [4.69, 9.17) is 7.49 Å². The molecule has 0 nitrogen and oxygen atoms in total. The van der Waals surface area contributed by atoms with E-state index in [1.165, 1.54) is 17.8 Å². The molecule has 0 aromatic heterocycles. The Kier molecular flexibility index (Phi) is 7.74. The zero-order valence-electron chi connectivity index (χ0n) is 23.6. The molecule has 0 saturated heterocycles. The van der Waals surface area contributed by atoms with Gasteiger partial charge in [0.15, 0.2) is 0 Å². The van der Waals surface area contributed by atoms with Crippen molar-refractivity contribution >= 4 is 43.4 Å². The second-order valence-corrected chi connectivity index (χ2v) is 13.2. The molecule has 0 fully saturated rings. The summed E-state index contributed by atoms with van der Waals surface area (Å²) in [7, 11) is 4.96. The summed E-state index contributed by atoms with van der Waals surface area (Å²) in [5, 5.41) is 0.907. The third-order valence-corrected chi connectivity index (χ3v) is 8.60. The maximum absolute atomic E-state index is 15.6. The summed E-state index contributed by atoms with van der Waals surface area (Å²) >= 11 is 0. The van der Waals surface area contributed by atoms with Gasteiger partial charge in [-0.25, -0.2) is 0 Å². The van der Waals surface area contributed by atoms with E-state index in [2.05, 4.69) is 0 Å². The van der Waals surface area contributed by atoms with Gasteiger partial charge in [0.05, 0.1) is 0 Å². The predicted molar refractivity (Wildman–Crippen MR) is 160 cm³/mol. The number of benzene rings is 5. The molecular weight excluding hydrogens is 637 g/mol. The molecule has 1 radical (unpaired) electrons. The molecule has 0 amide bonds. The molecule has 0 heterocycles. The van der Waals surface area contributed by atoms with Gasteiger partial charge in [-0.2, -0.15) is 0 Å². The normalized spacial score (nSPS) is 12.7. The summed E-state index contributed by atoms with van der Waals surface area (Å²) in [6.45, 7) is 3.49. The van der Waals surface area contributed by atoms with E-state index >= 15 is 17.6 Å². The summed E-state index contributed by atoms with van der Waals surface area (Å²) in [4.78, 5) is 0. The van der Waals surface area contributed by atoms with Gasteiger partial charge in [-0.15, -0.1) is 0 Å². The first-order valence-corrected chi connectivity index (χ1v) is 16.1. The van der Waals surface area contributed by atoms with Gasteiger partial charge in [-0.1, -0.05) is 0 Å². The Hall–Kier alpha value is -4.58. The number of rotatable bonds is 4. The van der Waals surface area contributed by atoms with E-state index in [9.17, 15) is 26.3 Å². The van der Waals surface area contributed by atoms with Crippen LogP contribution in [0, 0.1) is 58.2 Å². The van der Waals surface area contributed by atoms with Gasteiger partial charge in [-0.3, -0.25) is 0 Å². The van der Waals surface area contributed by atoms with E-state index in [0.717, 1.165) is 12.1 Å². The van der Waals surface area contributed by atoms with E-state index in [0.29, 0.717) is 10.8 Å². The standard InChI is InChI=1S/C34H16BF10Si/c1-46(2)12-18-21(23-27(38)31(42)34(45)32(43)28(23)39)20-17(24(18)35)11-10-16(22-25(36)29(40)33(44)30(41)26(22)37)19(20)15-9-5-7-13-6-3-4-8-14(13)15/h3-12H,1-2H3. The van der Waals surface area contributed by atoms with Crippen LogP contribution in [0.15, 0.2) is 60.2 Å². The van der Waals surface area contributed by atoms with E-state index in [-0.39, 0.29) is 33.3 Å². The molecule has 1 aliphatic rings. The summed E-state index contributed by atoms with van der Waals surface area (Å²) in [5.41, 5.74) is -3.31. The molecule has 0 bridgehead atoms. The van der Waals surface area contributed by atoms with Gasteiger partial charge in [0.1, 0.15) is 0 Å². The van der Waals surface area contributed by atoms with Crippen LogP contribution < -0.4 is 0 Å². The molecule has 0 N–H and O–H groups in total. The quantitative estimate of drug-likeness (QED) is 0.0786. The molecule has 6 rings (SSSR count). The second-order valence-electron chi connectivity index (χ2n) is 10.8. The fraction of sp³-hybridized carbons (Fsp3) is 0.0588. The molecule has 12 heteroatoms. The number of hydrogen-bond acceptors (Lipinski definition) is 0. The van der Waals surface area contributed by atoms with Crippen molar-refractivity contribution < 1.29 is 43.9 Å². The Bertz CT molecular complexity index is 2190. The fourth-order valence-corrected chi connectivity index (χ4v) is 6.67. The van der Waals surface area contributed by atoms with Crippen LogP contribution in [0.2, 0.25) is 13.1 Å². The summed E-state index contributed by atoms with van der Waals surface area (Å²) in [5.74, 6) is -22.7. The molecule has 1 aliphatic carbocycles. The number of halogens is 10. The van der Waals surface area contributed by atoms with Crippen molar-refractivity contribution in [3.8, 4) is 22.3 Å². The first-order chi connectivity index (χ1) is 21.8. The van der Waals surface area contributed by atoms with Gasteiger partial charge >= 0.3 is 258 Å². The van der Waals surface area contributed by atoms with Crippen LogP contribution in [0.1, 0.15) is 16.7 Å². The average molecular weight is 653 g/mol. The number of hydrogen-bond donors (Lipinski definition) is 0. The molecule has 46 heavy (non-hydrogen) atoms. The molecule has 0 unspecified atom stereocenters. The van der Waals surface area contributed by atoms with Gasteiger partial charge in [0, 0.05) is 0 Å². The van der Waals surface area contributed by atoms with Crippen molar-refractivity contribution in [1.82, 2.24) is 0 Å². The maximum atomic E-state index is 15.6. The minimum absolute atomic E-state index is 0.0241. The van der Waals surface area contributed by atoms with Crippen molar-refractivity contribution in [3.05, 3.63) is 135 Å². The van der Waals surface area contributed by atoms with E-state index in [1.54, 1.807) is 43.4 Å². The van der Waals surface area contributed by atoms with Crippen LogP contribution in [0.4, 0.5) is 43.9 Å². The molecule has 229 valence electrons. The zero-order valence-corrected chi connectivity index (χ0v) is 24.6. The van der Waals surface area contributed by atoms with Crippen molar-refractivity contribution in [3.63, 3.8) is 0 Å². The van der Waals surface area contributed by atoms with Crippen LogP contribution in [0.5, 0.6) is 0 Å². The Morgan fingerprint density at radius 1 is 0.478 bits per heavy atom. The Balaban J connectivity index is 1.90. The number of allylic oxidation sites excluding steroid dienone is 1. The Labute approximate surface area is 257 Å². The minimum atomic E-state index is -2.42. The van der Waals surface area contributed by atoms with Crippen molar-refractivity contribution in [2.75, 3.05) is 0 Å². The van der Waals surface area contributed by atoms with Gasteiger partial charge in [0.25, 0.3) is 0 Å². The van der Waals surface area contributed by atoms with Crippen LogP contribution >= 0.6 is 0 Å². The third kappa shape index (κ3) is 4.52. The van der Waals surface area contributed by atoms with Gasteiger partial charge in [0.2, 0.25) is 0 Å². The Morgan fingerprint density at radius 3 is 1.52 bits per heavy atom. The third-order valence-electron chi connectivity index (χ3n) is 7.74. The first-order valence-electron chi connectivity index (χ1n) is 13.5. The van der Waals surface area contributed by atoms with Crippen molar-refractivity contribution in [2.45, 2.75) is 13.1 Å². The topological polar surface area (TPSA) is 0 Å². The number of fused-ring (bicyclic) bond motifs is 2. The van der Waals surface area contributed by atoms with Crippen molar-refractivity contribution in [2.24, 2.45) is 0 Å². The van der Waals surface area contributed by atoms with Crippen LogP contribution in [-0.4, -0.2) is 27.0 Å². The monoisotopic (exact) mass is 653 g/mol. The van der Waals surface area contributed by atoms with Crippen molar-refractivity contribution in [1.29, 1.82) is 0 Å². The van der Waals surface area contributed by atoms with Crippen LogP contribution in [-0.2, 0) is 0 Å². The van der Waals surface area contributed by atoms with Crippen LogP contribution in [0.3, 0.4) is 0 Å². The summed E-state index contributed by atoms with van der Waals surface area (Å²) in [6.07, 6.45) is 0. The SMILES string of the molecule is [B]=C1C(C=[Si](C)C)=C(c2c(F)c(F)c(F)c(F)c2F)c2c1ccc(-c1c(F)c(F)c(F)c(F)c1F)c2-c1cccc2ccccc12. The molecule has 5 aromatic carbocycles. The molecular formula is C34H16BF10Si. The molecule has 5 aromatic rings. The summed E-state index contributed by atoms with van der Waals surface area (Å²) in [6, 6.07) is 13.2. The molecule has 0 aliphatic heterocycles. The fourth-order valence-electron chi connectivity index (χ4n) is 5.80. The van der Waals surface area contributed by atoms with Gasteiger partial charge in [-0.05, 0) is 0 Å². The first kappa shape index (κ1) is 31.4. The Morgan fingerprint density at radius 2 is 0.957 bits per heavy atom. The van der Waals surface area contributed by atoms with Crippen LogP contribution in [0.25, 0.3) is 38.6 Å². The molecule has 0 spiro atoms. The zero-order chi connectivity index (χ0) is 33.4. The average Bonchev–Trinajstić information content (AvgIpc) is 3.30. The predicted octanol–water partition coefficient (Wildman–Crippen LogP) is 9.21. The van der Waals surface area contributed by atoms with E-state index in [1.807, 2.05) is 0 Å². The second kappa shape index (κ2) is 11.3.